The van der Waals surface area contributed by atoms with Crippen molar-refractivity contribution in [2.24, 2.45) is 11.8 Å². The average molecular weight is 849 g/mol. The molecule has 2 saturated heterocycles. The highest BCUT2D eigenvalue weighted by Gasteiger charge is 2.39. The first-order valence-electron chi connectivity index (χ1n) is 17.9. The molecule has 2 aromatic heterocycles. The number of alkyl carbamates (subject to hydrolysis) is 2. The second-order valence-electron chi connectivity index (χ2n) is 14.2. The van der Waals surface area contributed by atoms with Gasteiger partial charge in [0.1, 0.15) is 23.7 Å². The fraction of sp³-hybridized carbons (Fsp3) is 0.474. The van der Waals surface area contributed by atoms with Crippen molar-refractivity contribution in [1.29, 1.82) is 0 Å². The number of aromatic amines is 2. The van der Waals surface area contributed by atoms with Crippen LogP contribution in [0.25, 0.3) is 33.4 Å². The molecule has 0 saturated carbocycles. The zero-order chi connectivity index (χ0) is 37.1. The lowest BCUT2D eigenvalue weighted by molar-refractivity contribution is -0.136. The molecule has 4 heterocycles. The molecule has 4 atom stereocenters. The summed E-state index contributed by atoms with van der Waals surface area (Å²) in [6.45, 7) is 8.77. The van der Waals surface area contributed by atoms with Gasteiger partial charge in [0.2, 0.25) is 11.8 Å². The zero-order valence-electron chi connectivity index (χ0n) is 32.6. The summed E-state index contributed by atoms with van der Waals surface area (Å²) >= 11 is 0. The van der Waals surface area contributed by atoms with Gasteiger partial charge in [-0.3, -0.25) is 9.59 Å². The van der Waals surface area contributed by atoms with E-state index in [1.807, 2.05) is 56.9 Å². The van der Waals surface area contributed by atoms with E-state index in [0.717, 1.165) is 64.9 Å². The normalized spacial score (nSPS) is 17.2. The van der Waals surface area contributed by atoms with Gasteiger partial charge < -0.3 is 39.9 Å². The number of carbonyl (C=O) groups is 4. The molecule has 14 nitrogen and oxygen atoms in total. The van der Waals surface area contributed by atoms with Gasteiger partial charge in [-0.05, 0) is 66.3 Å². The summed E-state index contributed by atoms with van der Waals surface area (Å²) in [7, 11) is 2.57. The van der Waals surface area contributed by atoms with E-state index in [4.69, 9.17) is 14.5 Å². The minimum Gasteiger partial charge on any atom is -0.453 e. The SMILES string of the molecule is COC(=O)N[C@H](C(=O)N1CCC[C@H]1c1ncc(-c2ccc(-c3ccc4nc([C@@H]5CCCN5C(=O)[C@@H](NC(=O)OC)C(C)C)[nH]c4c3)cc2)[nH]1)C(C)C.S.S.S.S. The van der Waals surface area contributed by atoms with Crippen LogP contribution in [0, 0.1) is 11.8 Å². The van der Waals surface area contributed by atoms with Crippen LogP contribution >= 0.6 is 54.0 Å². The highest BCUT2D eigenvalue weighted by Crippen LogP contribution is 2.35. The van der Waals surface area contributed by atoms with Gasteiger partial charge in [0.05, 0.1) is 49.2 Å². The van der Waals surface area contributed by atoms with Crippen LogP contribution in [0.3, 0.4) is 0 Å². The monoisotopic (exact) mass is 848 g/mol. The Bertz CT molecular complexity index is 1940. The van der Waals surface area contributed by atoms with Crippen molar-refractivity contribution in [3.05, 3.63) is 60.3 Å². The van der Waals surface area contributed by atoms with E-state index in [2.05, 4.69) is 43.8 Å². The number of imidazole rings is 2. The van der Waals surface area contributed by atoms with E-state index in [1.165, 1.54) is 14.2 Å². The molecule has 18 heteroatoms. The van der Waals surface area contributed by atoms with Crippen LogP contribution in [0.2, 0.25) is 0 Å². The van der Waals surface area contributed by atoms with Crippen LogP contribution < -0.4 is 10.6 Å². The van der Waals surface area contributed by atoms with Crippen molar-refractivity contribution >= 4 is 89.0 Å². The van der Waals surface area contributed by atoms with Gasteiger partial charge in [0, 0.05) is 13.1 Å². The predicted molar refractivity (Wildman–Crippen MR) is 236 cm³/mol. The van der Waals surface area contributed by atoms with E-state index < -0.39 is 24.3 Å². The first kappa shape index (κ1) is 48.1. The highest BCUT2D eigenvalue weighted by molar-refractivity contribution is 7.59. The number of fused-ring (bicyclic) bond motifs is 1. The quantitative estimate of drug-likeness (QED) is 0.147. The Morgan fingerprint density at radius 2 is 1.18 bits per heavy atom. The number of hydrogen-bond acceptors (Lipinski definition) is 8. The number of benzene rings is 2. The molecule has 0 bridgehead atoms. The van der Waals surface area contributed by atoms with Gasteiger partial charge >= 0.3 is 12.2 Å². The van der Waals surface area contributed by atoms with Gasteiger partial charge in [-0.1, -0.05) is 58.0 Å². The number of carbonyl (C=O) groups excluding carboxylic acids is 4. The largest absolute Gasteiger partial charge is 0.453 e. The lowest BCUT2D eigenvalue weighted by atomic mass is 10.0. The third-order valence-electron chi connectivity index (χ3n) is 10.1. The Hall–Kier alpha value is -4.00. The molecule has 2 aromatic carbocycles. The van der Waals surface area contributed by atoms with Gasteiger partial charge in [0.25, 0.3) is 0 Å². The number of aromatic nitrogens is 4. The number of hydrogen-bond donors (Lipinski definition) is 4. The molecule has 2 aliphatic heterocycles. The number of likely N-dealkylation sites (tertiary alicyclic amines) is 2. The van der Waals surface area contributed by atoms with E-state index in [9.17, 15) is 19.2 Å². The molecule has 2 aliphatic rings. The van der Waals surface area contributed by atoms with E-state index in [1.54, 1.807) is 11.1 Å². The Morgan fingerprint density at radius 3 is 1.68 bits per heavy atom. The Balaban J connectivity index is 0.00000271. The molecule has 4 aromatic rings. The molecule has 0 unspecified atom stereocenters. The van der Waals surface area contributed by atoms with Crippen LogP contribution in [0.5, 0.6) is 0 Å². The smallest absolute Gasteiger partial charge is 0.407 e. The first-order valence-corrected chi connectivity index (χ1v) is 17.9. The summed E-state index contributed by atoms with van der Waals surface area (Å²) in [5.41, 5.74) is 5.54. The molecule has 4 N–H and O–H groups in total. The van der Waals surface area contributed by atoms with Gasteiger partial charge in [-0.15, -0.1) is 0 Å². The topological polar surface area (TPSA) is 175 Å². The van der Waals surface area contributed by atoms with Crippen LogP contribution in [0.1, 0.15) is 77.1 Å². The highest BCUT2D eigenvalue weighted by atomic mass is 32.1. The minimum absolute atomic E-state index is 0. The molecule has 0 spiro atoms. The van der Waals surface area contributed by atoms with E-state index in [0.29, 0.717) is 18.9 Å². The summed E-state index contributed by atoms with van der Waals surface area (Å²) in [6, 6.07) is 12.5. The van der Waals surface area contributed by atoms with Crippen molar-refractivity contribution < 1.29 is 28.7 Å². The second-order valence-corrected chi connectivity index (χ2v) is 14.2. The number of H-pyrrole nitrogens is 2. The number of amides is 4. The summed E-state index contributed by atoms with van der Waals surface area (Å²) in [6.07, 6.45) is 3.78. The first-order chi connectivity index (χ1) is 25.0. The number of rotatable bonds is 10. The van der Waals surface area contributed by atoms with Gasteiger partial charge in [-0.2, -0.15) is 54.0 Å². The fourth-order valence-electron chi connectivity index (χ4n) is 7.25. The van der Waals surface area contributed by atoms with Crippen molar-refractivity contribution in [3.63, 3.8) is 0 Å². The van der Waals surface area contributed by atoms with Crippen LogP contribution in [0.15, 0.2) is 48.7 Å². The Labute approximate surface area is 355 Å². The summed E-state index contributed by atoms with van der Waals surface area (Å²) in [4.78, 5) is 71.0. The molecule has 6 rings (SSSR count). The van der Waals surface area contributed by atoms with Crippen molar-refractivity contribution in [3.8, 4) is 22.4 Å². The third-order valence-corrected chi connectivity index (χ3v) is 10.1. The second kappa shape index (κ2) is 21.0. The molecule has 0 aliphatic carbocycles. The van der Waals surface area contributed by atoms with Crippen LogP contribution in [-0.2, 0) is 19.1 Å². The maximum Gasteiger partial charge on any atom is 0.407 e. The lowest BCUT2D eigenvalue weighted by Crippen LogP contribution is -2.51. The van der Waals surface area contributed by atoms with Crippen molar-refractivity contribution in [1.82, 2.24) is 40.4 Å². The zero-order valence-corrected chi connectivity index (χ0v) is 36.6. The summed E-state index contributed by atoms with van der Waals surface area (Å²) in [5.74, 6) is 0.938. The Kier molecular flexibility index (Phi) is 18.0. The third kappa shape index (κ3) is 10.3. The van der Waals surface area contributed by atoms with Crippen molar-refractivity contribution in [2.75, 3.05) is 27.3 Å². The predicted octanol–water partition coefficient (Wildman–Crippen LogP) is 6.16. The van der Waals surface area contributed by atoms with Crippen LogP contribution in [0.4, 0.5) is 9.59 Å². The molecule has 56 heavy (non-hydrogen) atoms. The van der Waals surface area contributed by atoms with Crippen LogP contribution in [-0.4, -0.2) is 93.1 Å². The summed E-state index contributed by atoms with van der Waals surface area (Å²) < 4.78 is 9.51. The number of ether oxygens (including phenoxy) is 2. The molecular formula is C38H56N8O6S4. The number of methoxy groups -OCH3 is 2. The number of nitrogens with one attached hydrogen (secondary N) is 4. The molecule has 4 amide bonds. The molecule has 0 radical (unpaired) electrons. The lowest BCUT2D eigenvalue weighted by Gasteiger charge is -2.30. The standard InChI is InChI=1S/C38H48N8O6.4H2S/c1-21(2)31(43-37(49)51-5)35(47)45-17-7-9-29(45)33-39-20-28(42-33)24-13-11-23(12-14-24)25-15-16-26-27(19-25)41-34(40-26)30-10-8-18-46(30)36(48)32(22(3)4)44-38(50)52-6;;;;/h11-16,19-22,29-32H,7-10,17-18H2,1-6H3,(H,39,42)(H,40,41)(H,43,49)(H,44,50);4*1H2/t29-,30-,31-,32-;;;;/m0..../s1. The minimum atomic E-state index is -0.693. The molecular weight excluding hydrogens is 793 g/mol. The van der Waals surface area contributed by atoms with E-state index >= 15 is 0 Å². The van der Waals surface area contributed by atoms with Crippen molar-refractivity contribution in [2.45, 2.75) is 77.5 Å². The molecule has 2 fully saturated rings. The fourth-order valence-corrected chi connectivity index (χ4v) is 7.25. The average Bonchev–Trinajstić information content (AvgIpc) is 3.97. The van der Waals surface area contributed by atoms with E-state index in [-0.39, 0.29) is 89.7 Å². The Morgan fingerprint density at radius 1 is 0.696 bits per heavy atom. The number of nitrogens with zero attached hydrogens (tertiary/aromatic N) is 4. The molecule has 308 valence electrons. The summed E-state index contributed by atoms with van der Waals surface area (Å²) in [5, 5.41) is 5.39. The van der Waals surface area contributed by atoms with Gasteiger partial charge in [-0.25, -0.2) is 19.6 Å². The van der Waals surface area contributed by atoms with Gasteiger partial charge in [0.15, 0.2) is 0 Å². The maximum atomic E-state index is 13.6. The maximum absolute atomic E-state index is 13.6.